The summed E-state index contributed by atoms with van der Waals surface area (Å²) in [5.74, 6) is 1.55. The third-order valence-electron chi connectivity index (χ3n) is 2.29. The number of rotatable bonds is 5. The van der Waals surface area contributed by atoms with E-state index >= 15 is 0 Å². The SMILES string of the molecule is COc1cc(OC)c(CCCC#N)cc1Br. The summed E-state index contributed by atoms with van der Waals surface area (Å²) < 4.78 is 11.4. The first-order valence-electron chi connectivity index (χ1n) is 5.00. The number of benzene rings is 1. The molecular formula is C12H14BrNO2. The smallest absolute Gasteiger partial charge is 0.136 e. The molecule has 0 heterocycles. The van der Waals surface area contributed by atoms with Gasteiger partial charge in [0.2, 0.25) is 0 Å². The highest BCUT2D eigenvalue weighted by Gasteiger charge is 2.09. The lowest BCUT2D eigenvalue weighted by Gasteiger charge is -2.11. The Morgan fingerprint density at radius 2 is 1.94 bits per heavy atom. The maximum Gasteiger partial charge on any atom is 0.136 e. The number of hydrogen-bond donors (Lipinski definition) is 0. The number of hydrogen-bond acceptors (Lipinski definition) is 3. The van der Waals surface area contributed by atoms with E-state index in [-0.39, 0.29) is 0 Å². The number of nitriles is 1. The van der Waals surface area contributed by atoms with Crippen LogP contribution in [0.1, 0.15) is 18.4 Å². The summed E-state index contributed by atoms with van der Waals surface area (Å²) in [6.45, 7) is 0. The summed E-state index contributed by atoms with van der Waals surface area (Å²) in [6, 6.07) is 5.97. The van der Waals surface area contributed by atoms with Gasteiger partial charge in [0.05, 0.1) is 24.8 Å². The molecule has 0 fully saturated rings. The lowest BCUT2D eigenvalue weighted by molar-refractivity contribution is 0.389. The fraction of sp³-hybridized carbons (Fsp3) is 0.417. The lowest BCUT2D eigenvalue weighted by Crippen LogP contribution is -1.95. The molecule has 0 aromatic heterocycles. The summed E-state index contributed by atoms with van der Waals surface area (Å²) in [5, 5.41) is 8.50. The molecule has 0 aliphatic rings. The van der Waals surface area contributed by atoms with Crippen LogP contribution in [0, 0.1) is 11.3 Å². The monoisotopic (exact) mass is 283 g/mol. The zero-order chi connectivity index (χ0) is 12.0. The summed E-state index contributed by atoms with van der Waals surface area (Å²) in [6.07, 6.45) is 2.23. The van der Waals surface area contributed by atoms with Crippen molar-refractivity contribution in [1.29, 1.82) is 5.26 Å². The van der Waals surface area contributed by atoms with Gasteiger partial charge in [-0.05, 0) is 40.4 Å². The van der Waals surface area contributed by atoms with E-state index in [0.29, 0.717) is 6.42 Å². The van der Waals surface area contributed by atoms with Crippen LogP contribution in [0.4, 0.5) is 0 Å². The van der Waals surface area contributed by atoms with Gasteiger partial charge in [-0.25, -0.2) is 0 Å². The average molecular weight is 284 g/mol. The van der Waals surface area contributed by atoms with Gasteiger partial charge in [-0.2, -0.15) is 5.26 Å². The Morgan fingerprint density at radius 3 is 2.50 bits per heavy atom. The second-order valence-electron chi connectivity index (χ2n) is 3.31. The van der Waals surface area contributed by atoms with E-state index in [1.807, 2.05) is 12.1 Å². The van der Waals surface area contributed by atoms with Gasteiger partial charge in [0.1, 0.15) is 11.5 Å². The molecule has 0 unspecified atom stereocenters. The minimum atomic E-state index is 0.562. The van der Waals surface area contributed by atoms with E-state index in [1.54, 1.807) is 14.2 Å². The Balaban J connectivity index is 2.90. The molecule has 1 aromatic carbocycles. The quantitative estimate of drug-likeness (QED) is 0.779. The number of nitrogens with zero attached hydrogens (tertiary/aromatic N) is 1. The molecule has 0 saturated heterocycles. The molecule has 4 heteroatoms. The fourth-order valence-electron chi connectivity index (χ4n) is 1.48. The highest BCUT2D eigenvalue weighted by molar-refractivity contribution is 9.10. The first-order valence-corrected chi connectivity index (χ1v) is 5.79. The Morgan fingerprint density at radius 1 is 1.25 bits per heavy atom. The number of methoxy groups -OCH3 is 2. The Kier molecular flexibility index (Phi) is 5.13. The molecule has 0 amide bonds. The molecular weight excluding hydrogens is 270 g/mol. The maximum absolute atomic E-state index is 8.50. The van der Waals surface area contributed by atoms with Crippen molar-refractivity contribution in [1.82, 2.24) is 0 Å². The second kappa shape index (κ2) is 6.39. The van der Waals surface area contributed by atoms with E-state index in [4.69, 9.17) is 14.7 Å². The minimum Gasteiger partial charge on any atom is -0.496 e. The van der Waals surface area contributed by atoms with Gasteiger partial charge in [-0.1, -0.05) is 0 Å². The fourth-order valence-corrected chi connectivity index (χ4v) is 2.03. The van der Waals surface area contributed by atoms with Gasteiger partial charge >= 0.3 is 0 Å². The predicted molar refractivity (Wildman–Crippen MR) is 65.8 cm³/mol. The zero-order valence-electron chi connectivity index (χ0n) is 9.42. The third kappa shape index (κ3) is 3.14. The van der Waals surface area contributed by atoms with Crippen LogP contribution < -0.4 is 9.47 Å². The Hall–Kier alpha value is -1.21. The predicted octanol–water partition coefficient (Wildman–Crippen LogP) is 3.31. The van der Waals surface area contributed by atoms with Gasteiger partial charge in [0.15, 0.2) is 0 Å². The third-order valence-corrected chi connectivity index (χ3v) is 2.91. The zero-order valence-corrected chi connectivity index (χ0v) is 11.0. The summed E-state index contributed by atoms with van der Waals surface area (Å²) in [5.41, 5.74) is 1.09. The molecule has 0 saturated carbocycles. The molecule has 0 aliphatic heterocycles. The Bertz CT molecular complexity index is 399. The van der Waals surface area contributed by atoms with Gasteiger partial charge in [0.25, 0.3) is 0 Å². The summed E-state index contributed by atoms with van der Waals surface area (Å²) in [7, 11) is 3.26. The van der Waals surface area contributed by atoms with Crippen LogP contribution in [0.15, 0.2) is 16.6 Å². The molecule has 0 N–H and O–H groups in total. The molecule has 0 atom stereocenters. The normalized spacial score (nSPS) is 9.62. The molecule has 0 spiro atoms. The molecule has 1 aromatic rings. The van der Waals surface area contributed by atoms with Crippen molar-refractivity contribution in [2.45, 2.75) is 19.3 Å². The second-order valence-corrected chi connectivity index (χ2v) is 4.16. The van der Waals surface area contributed by atoms with Gasteiger partial charge in [-0.15, -0.1) is 0 Å². The standard InChI is InChI=1S/C12H14BrNO2/c1-15-11-8-12(16-2)10(13)7-9(11)5-3-4-6-14/h7-8H,3-5H2,1-2H3. The van der Waals surface area contributed by atoms with E-state index in [1.165, 1.54) is 0 Å². The molecule has 0 bridgehead atoms. The average Bonchev–Trinajstić information content (AvgIpc) is 2.30. The van der Waals surface area contributed by atoms with Crippen molar-refractivity contribution in [3.05, 3.63) is 22.2 Å². The van der Waals surface area contributed by atoms with Crippen LogP contribution in [0.25, 0.3) is 0 Å². The number of ether oxygens (including phenoxy) is 2. The number of halogens is 1. The van der Waals surface area contributed by atoms with E-state index < -0.39 is 0 Å². The van der Waals surface area contributed by atoms with Crippen molar-refractivity contribution in [3.63, 3.8) is 0 Å². The molecule has 0 radical (unpaired) electrons. The Labute approximate surface area is 104 Å². The van der Waals surface area contributed by atoms with Crippen molar-refractivity contribution in [2.75, 3.05) is 14.2 Å². The number of aryl methyl sites for hydroxylation is 1. The van der Waals surface area contributed by atoms with Crippen LogP contribution in [0.2, 0.25) is 0 Å². The van der Waals surface area contributed by atoms with Gasteiger partial charge in [0, 0.05) is 12.5 Å². The number of unbranched alkanes of at least 4 members (excludes halogenated alkanes) is 1. The van der Waals surface area contributed by atoms with Crippen molar-refractivity contribution in [2.24, 2.45) is 0 Å². The summed E-state index contributed by atoms with van der Waals surface area (Å²) in [4.78, 5) is 0. The maximum atomic E-state index is 8.50. The first-order chi connectivity index (χ1) is 7.72. The minimum absolute atomic E-state index is 0.562. The molecule has 16 heavy (non-hydrogen) atoms. The lowest BCUT2D eigenvalue weighted by atomic mass is 10.1. The molecule has 3 nitrogen and oxygen atoms in total. The van der Waals surface area contributed by atoms with E-state index in [2.05, 4.69) is 22.0 Å². The topological polar surface area (TPSA) is 42.2 Å². The molecule has 86 valence electrons. The van der Waals surface area contributed by atoms with Crippen LogP contribution in [-0.4, -0.2) is 14.2 Å². The first kappa shape index (κ1) is 12.9. The molecule has 0 aliphatic carbocycles. The van der Waals surface area contributed by atoms with Crippen LogP contribution in [0.3, 0.4) is 0 Å². The van der Waals surface area contributed by atoms with Crippen molar-refractivity contribution in [3.8, 4) is 17.6 Å². The summed E-state index contributed by atoms with van der Waals surface area (Å²) >= 11 is 3.43. The highest BCUT2D eigenvalue weighted by atomic mass is 79.9. The molecule has 1 rings (SSSR count). The van der Waals surface area contributed by atoms with Crippen LogP contribution in [0.5, 0.6) is 11.5 Å². The van der Waals surface area contributed by atoms with Gasteiger partial charge < -0.3 is 9.47 Å². The van der Waals surface area contributed by atoms with E-state index in [9.17, 15) is 0 Å². The van der Waals surface area contributed by atoms with Crippen LogP contribution >= 0.6 is 15.9 Å². The highest BCUT2D eigenvalue weighted by Crippen LogP contribution is 2.33. The largest absolute Gasteiger partial charge is 0.496 e. The van der Waals surface area contributed by atoms with Crippen molar-refractivity contribution < 1.29 is 9.47 Å². The van der Waals surface area contributed by atoms with Gasteiger partial charge in [-0.3, -0.25) is 0 Å². The van der Waals surface area contributed by atoms with Crippen molar-refractivity contribution >= 4 is 15.9 Å². The van der Waals surface area contributed by atoms with E-state index in [0.717, 1.165) is 34.4 Å². The van der Waals surface area contributed by atoms with Crippen LogP contribution in [-0.2, 0) is 6.42 Å².